The van der Waals surface area contributed by atoms with Gasteiger partial charge < -0.3 is 10.1 Å². The topological polar surface area (TPSA) is 52.0 Å². The monoisotopic (exact) mass is 260 g/mol. The van der Waals surface area contributed by atoms with Crippen LogP contribution in [0.15, 0.2) is 30.6 Å². The molecule has 0 spiro atoms. The molecule has 0 saturated heterocycles. The second kappa shape index (κ2) is 4.30. The van der Waals surface area contributed by atoms with Gasteiger partial charge in [-0.1, -0.05) is 11.3 Å². The van der Waals surface area contributed by atoms with Gasteiger partial charge in [-0.25, -0.2) is 4.98 Å². The summed E-state index contributed by atoms with van der Waals surface area (Å²) in [5, 5.41) is 8.19. The molecule has 0 unspecified atom stereocenters. The lowest BCUT2D eigenvalue weighted by atomic mass is 10.3. The number of benzene rings is 1. The summed E-state index contributed by atoms with van der Waals surface area (Å²) in [4.78, 5) is 4.51. The Kier molecular flexibility index (Phi) is 2.64. The number of fused-ring (bicyclic) bond motifs is 1. The molecule has 3 rings (SSSR count). The van der Waals surface area contributed by atoms with Crippen LogP contribution in [0.4, 0.5) is 10.8 Å². The number of nitrogens with zero attached hydrogens (tertiary/aromatic N) is 3. The first kappa shape index (κ1) is 11.0. The highest BCUT2D eigenvalue weighted by atomic mass is 32.1. The third-order valence-corrected chi connectivity index (χ3v) is 3.49. The molecule has 5 nitrogen and oxygen atoms in total. The number of thiazole rings is 1. The quantitative estimate of drug-likeness (QED) is 0.786. The van der Waals surface area contributed by atoms with Gasteiger partial charge in [-0.3, -0.25) is 4.68 Å². The molecule has 1 aromatic carbocycles. The van der Waals surface area contributed by atoms with Crippen molar-refractivity contribution in [2.45, 2.75) is 0 Å². The van der Waals surface area contributed by atoms with Crippen molar-refractivity contribution >= 4 is 32.4 Å². The van der Waals surface area contributed by atoms with Crippen molar-refractivity contribution in [2.75, 3.05) is 12.4 Å². The number of aromatic nitrogens is 3. The normalized spacial score (nSPS) is 10.8. The van der Waals surface area contributed by atoms with Crippen LogP contribution in [0.5, 0.6) is 5.75 Å². The molecule has 3 aromatic rings. The van der Waals surface area contributed by atoms with E-state index >= 15 is 0 Å². The standard InChI is InChI=1S/C12H12N4OS/c1-16-7-8(6-13-16)14-12-15-10-4-3-9(17-2)5-11(10)18-12/h3-7H,1-2H3,(H,14,15). The molecule has 0 aliphatic carbocycles. The highest BCUT2D eigenvalue weighted by molar-refractivity contribution is 7.22. The summed E-state index contributed by atoms with van der Waals surface area (Å²) in [6.45, 7) is 0. The first-order valence-corrected chi connectivity index (χ1v) is 6.26. The lowest BCUT2D eigenvalue weighted by molar-refractivity contribution is 0.415. The van der Waals surface area contributed by atoms with Crippen LogP contribution in [-0.4, -0.2) is 21.9 Å². The van der Waals surface area contributed by atoms with Crippen molar-refractivity contribution in [2.24, 2.45) is 7.05 Å². The van der Waals surface area contributed by atoms with E-state index in [1.54, 1.807) is 29.3 Å². The summed E-state index contributed by atoms with van der Waals surface area (Å²) in [6.07, 6.45) is 3.68. The summed E-state index contributed by atoms with van der Waals surface area (Å²) in [5.41, 5.74) is 1.90. The molecule has 0 fully saturated rings. The van der Waals surface area contributed by atoms with Crippen LogP contribution < -0.4 is 10.1 Å². The maximum atomic E-state index is 5.20. The molecule has 0 aliphatic rings. The zero-order chi connectivity index (χ0) is 12.5. The number of hydrogen-bond acceptors (Lipinski definition) is 5. The van der Waals surface area contributed by atoms with Crippen LogP contribution in [0.1, 0.15) is 0 Å². The Bertz CT molecular complexity index is 688. The average molecular weight is 260 g/mol. The Labute approximate surface area is 108 Å². The van der Waals surface area contributed by atoms with E-state index in [0.717, 1.165) is 26.8 Å². The van der Waals surface area contributed by atoms with Gasteiger partial charge in [0.05, 0.1) is 29.2 Å². The van der Waals surface area contributed by atoms with Gasteiger partial charge in [0.15, 0.2) is 5.13 Å². The van der Waals surface area contributed by atoms with Crippen molar-refractivity contribution in [1.82, 2.24) is 14.8 Å². The molecule has 0 bridgehead atoms. The van der Waals surface area contributed by atoms with Gasteiger partial charge in [-0.05, 0) is 18.2 Å². The molecule has 92 valence electrons. The minimum absolute atomic E-state index is 0.846. The molecule has 0 saturated carbocycles. The van der Waals surface area contributed by atoms with E-state index in [-0.39, 0.29) is 0 Å². The molecule has 0 radical (unpaired) electrons. The summed E-state index contributed by atoms with van der Waals surface area (Å²) >= 11 is 1.59. The second-order valence-electron chi connectivity index (χ2n) is 3.88. The van der Waals surface area contributed by atoms with E-state index in [2.05, 4.69) is 15.4 Å². The first-order valence-electron chi connectivity index (χ1n) is 5.45. The van der Waals surface area contributed by atoms with E-state index < -0.39 is 0 Å². The number of methoxy groups -OCH3 is 1. The van der Waals surface area contributed by atoms with Gasteiger partial charge in [0.1, 0.15) is 5.75 Å². The molecule has 0 atom stereocenters. The zero-order valence-corrected chi connectivity index (χ0v) is 10.9. The molecule has 6 heteroatoms. The Morgan fingerprint density at radius 2 is 2.28 bits per heavy atom. The van der Waals surface area contributed by atoms with E-state index in [1.807, 2.05) is 31.4 Å². The number of anilines is 2. The van der Waals surface area contributed by atoms with Crippen LogP contribution in [0, 0.1) is 0 Å². The molecular weight excluding hydrogens is 248 g/mol. The fourth-order valence-electron chi connectivity index (χ4n) is 1.69. The van der Waals surface area contributed by atoms with Crippen LogP contribution in [0.3, 0.4) is 0 Å². The summed E-state index contributed by atoms with van der Waals surface area (Å²) in [7, 11) is 3.55. The first-order chi connectivity index (χ1) is 8.74. The van der Waals surface area contributed by atoms with Crippen molar-refractivity contribution in [3.05, 3.63) is 30.6 Å². The Morgan fingerprint density at radius 1 is 1.39 bits per heavy atom. The minimum atomic E-state index is 0.846. The molecular formula is C12H12N4OS. The van der Waals surface area contributed by atoms with Gasteiger partial charge >= 0.3 is 0 Å². The van der Waals surface area contributed by atoms with Gasteiger partial charge in [-0.15, -0.1) is 0 Å². The SMILES string of the molecule is COc1ccc2nc(Nc3cnn(C)c3)sc2c1. The van der Waals surface area contributed by atoms with Gasteiger partial charge in [-0.2, -0.15) is 5.10 Å². The van der Waals surface area contributed by atoms with Crippen molar-refractivity contribution in [3.63, 3.8) is 0 Å². The number of rotatable bonds is 3. The Hall–Kier alpha value is -2.08. The third-order valence-electron chi connectivity index (χ3n) is 2.55. The summed E-state index contributed by atoms with van der Waals surface area (Å²) in [5.74, 6) is 0.846. The smallest absolute Gasteiger partial charge is 0.188 e. The molecule has 0 amide bonds. The van der Waals surface area contributed by atoms with E-state index in [4.69, 9.17) is 4.74 Å². The predicted molar refractivity (Wildman–Crippen MR) is 72.7 cm³/mol. The molecule has 1 N–H and O–H groups in total. The molecule has 0 aliphatic heterocycles. The van der Waals surface area contributed by atoms with Crippen LogP contribution >= 0.6 is 11.3 Å². The zero-order valence-electron chi connectivity index (χ0n) is 10.0. The maximum Gasteiger partial charge on any atom is 0.188 e. The predicted octanol–water partition coefficient (Wildman–Crippen LogP) is 2.78. The van der Waals surface area contributed by atoms with Gasteiger partial charge in [0, 0.05) is 13.2 Å². The van der Waals surface area contributed by atoms with Crippen LogP contribution in [0.2, 0.25) is 0 Å². The molecule has 2 aromatic heterocycles. The number of nitrogens with one attached hydrogen (secondary N) is 1. The van der Waals surface area contributed by atoms with Crippen molar-refractivity contribution in [3.8, 4) is 5.75 Å². The van der Waals surface area contributed by atoms with Gasteiger partial charge in [0.2, 0.25) is 0 Å². The molecule has 18 heavy (non-hydrogen) atoms. The lowest BCUT2D eigenvalue weighted by Gasteiger charge is -1.96. The van der Waals surface area contributed by atoms with Crippen molar-refractivity contribution < 1.29 is 4.74 Å². The fourth-order valence-corrected chi connectivity index (χ4v) is 2.61. The Morgan fingerprint density at radius 3 is 3.00 bits per heavy atom. The summed E-state index contributed by atoms with van der Waals surface area (Å²) < 4.78 is 8.04. The van der Waals surface area contributed by atoms with Crippen LogP contribution in [0.25, 0.3) is 10.2 Å². The van der Waals surface area contributed by atoms with E-state index in [1.165, 1.54) is 0 Å². The number of ether oxygens (including phenoxy) is 1. The highest BCUT2D eigenvalue weighted by Gasteiger charge is 2.06. The molecule has 2 heterocycles. The van der Waals surface area contributed by atoms with Gasteiger partial charge in [0.25, 0.3) is 0 Å². The van der Waals surface area contributed by atoms with E-state index in [9.17, 15) is 0 Å². The van der Waals surface area contributed by atoms with E-state index in [0.29, 0.717) is 0 Å². The largest absolute Gasteiger partial charge is 0.497 e. The highest BCUT2D eigenvalue weighted by Crippen LogP contribution is 2.30. The number of hydrogen-bond donors (Lipinski definition) is 1. The van der Waals surface area contributed by atoms with Crippen LogP contribution in [-0.2, 0) is 7.05 Å². The van der Waals surface area contributed by atoms with Crippen molar-refractivity contribution in [1.29, 1.82) is 0 Å². The minimum Gasteiger partial charge on any atom is -0.497 e. The summed E-state index contributed by atoms with van der Waals surface area (Å²) in [6, 6.07) is 5.86. The fraction of sp³-hybridized carbons (Fsp3) is 0.167. The number of aryl methyl sites for hydroxylation is 1. The second-order valence-corrected chi connectivity index (χ2v) is 4.91. The lowest BCUT2D eigenvalue weighted by Crippen LogP contribution is -1.87. The third kappa shape index (κ3) is 2.02. The average Bonchev–Trinajstić information content (AvgIpc) is 2.94. The maximum absolute atomic E-state index is 5.20. The Balaban J connectivity index is 1.93.